The Morgan fingerprint density at radius 2 is 2.06 bits per heavy atom. The Morgan fingerprint density at radius 3 is 2.56 bits per heavy atom. The molecule has 2 nitrogen and oxygen atoms in total. The van der Waals surface area contributed by atoms with Crippen molar-refractivity contribution in [2.45, 2.75) is 19.0 Å². The van der Waals surface area contributed by atoms with Crippen LogP contribution >= 0.6 is 12.2 Å². The maximum Gasteiger partial charge on any atom is 0.417 e. The number of benzene rings is 1. The Kier molecular flexibility index (Phi) is 3.47. The number of anilines is 1. The summed E-state index contributed by atoms with van der Waals surface area (Å²) < 4.78 is 38.2. The van der Waals surface area contributed by atoms with E-state index in [-0.39, 0.29) is 10.6 Å². The van der Waals surface area contributed by atoms with Gasteiger partial charge in [-0.05, 0) is 37.0 Å². The van der Waals surface area contributed by atoms with Gasteiger partial charge in [0.05, 0.1) is 5.56 Å². The van der Waals surface area contributed by atoms with Crippen molar-refractivity contribution < 1.29 is 13.2 Å². The zero-order valence-electron chi connectivity index (χ0n) is 9.55. The number of rotatable bonds is 4. The van der Waals surface area contributed by atoms with Gasteiger partial charge in [-0.15, -0.1) is 0 Å². The van der Waals surface area contributed by atoms with Crippen LogP contribution in [0.4, 0.5) is 18.9 Å². The highest BCUT2D eigenvalue weighted by atomic mass is 32.1. The maximum atomic E-state index is 12.7. The molecule has 0 spiro atoms. The van der Waals surface area contributed by atoms with Crippen LogP contribution < -0.4 is 11.1 Å². The first kappa shape index (κ1) is 13.1. The molecule has 0 amide bonds. The minimum absolute atomic E-state index is 0.127. The summed E-state index contributed by atoms with van der Waals surface area (Å²) >= 11 is 4.68. The van der Waals surface area contributed by atoms with Crippen molar-refractivity contribution in [1.82, 2.24) is 0 Å². The van der Waals surface area contributed by atoms with Crippen molar-refractivity contribution in [3.8, 4) is 0 Å². The molecule has 1 saturated carbocycles. The van der Waals surface area contributed by atoms with Gasteiger partial charge in [-0.2, -0.15) is 13.2 Å². The molecule has 1 aliphatic rings. The van der Waals surface area contributed by atoms with Gasteiger partial charge in [0.15, 0.2) is 0 Å². The molecule has 6 heteroatoms. The van der Waals surface area contributed by atoms with E-state index < -0.39 is 11.7 Å². The fourth-order valence-corrected chi connectivity index (χ4v) is 1.86. The molecular weight excluding hydrogens is 261 g/mol. The van der Waals surface area contributed by atoms with Gasteiger partial charge >= 0.3 is 6.18 Å². The minimum Gasteiger partial charge on any atom is -0.389 e. The lowest BCUT2D eigenvalue weighted by atomic mass is 10.1. The van der Waals surface area contributed by atoms with Crippen molar-refractivity contribution >= 4 is 22.9 Å². The highest BCUT2D eigenvalue weighted by Crippen LogP contribution is 2.34. The molecule has 0 bridgehead atoms. The molecule has 0 radical (unpaired) electrons. The molecular formula is C12H13F3N2S. The van der Waals surface area contributed by atoms with Gasteiger partial charge in [-0.25, -0.2) is 0 Å². The van der Waals surface area contributed by atoms with Gasteiger partial charge < -0.3 is 11.1 Å². The van der Waals surface area contributed by atoms with Crippen LogP contribution in [0.15, 0.2) is 18.2 Å². The van der Waals surface area contributed by atoms with E-state index in [1.54, 1.807) is 0 Å². The maximum absolute atomic E-state index is 12.7. The molecule has 0 heterocycles. The van der Waals surface area contributed by atoms with E-state index in [9.17, 15) is 13.2 Å². The van der Waals surface area contributed by atoms with Gasteiger partial charge in [-0.1, -0.05) is 12.2 Å². The van der Waals surface area contributed by atoms with Crippen LogP contribution in [0.1, 0.15) is 24.0 Å². The molecule has 0 atom stereocenters. The summed E-state index contributed by atoms with van der Waals surface area (Å²) in [6.07, 6.45) is -2.08. The third-order valence-electron chi connectivity index (χ3n) is 2.88. The zero-order chi connectivity index (χ0) is 13.3. The normalized spacial score (nSPS) is 15.5. The van der Waals surface area contributed by atoms with Crippen LogP contribution in [0.2, 0.25) is 0 Å². The van der Waals surface area contributed by atoms with Crippen LogP contribution in [0.25, 0.3) is 0 Å². The number of alkyl halides is 3. The Labute approximate surface area is 108 Å². The fourth-order valence-electron chi connectivity index (χ4n) is 1.69. The van der Waals surface area contributed by atoms with Crippen LogP contribution in [-0.2, 0) is 6.18 Å². The second-order valence-electron chi connectivity index (χ2n) is 4.45. The summed E-state index contributed by atoms with van der Waals surface area (Å²) in [6.45, 7) is 0.780. The summed E-state index contributed by atoms with van der Waals surface area (Å²) in [5.41, 5.74) is 5.06. The monoisotopic (exact) mass is 274 g/mol. The SMILES string of the molecule is NC(=S)c1cc(NCC2CC2)ccc1C(F)(F)F. The van der Waals surface area contributed by atoms with E-state index in [2.05, 4.69) is 17.5 Å². The average Bonchev–Trinajstić information content (AvgIpc) is 3.08. The fraction of sp³-hybridized carbons (Fsp3) is 0.417. The topological polar surface area (TPSA) is 38.0 Å². The summed E-state index contributed by atoms with van der Waals surface area (Å²) in [5.74, 6) is 0.639. The summed E-state index contributed by atoms with van der Waals surface area (Å²) in [5, 5.41) is 3.10. The molecule has 98 valence electrons. The molecule has 18 heavy (non-hydrogen) atoms. The molecule has 1 aromatic rings. The number of nitrogens with one attached hydrogen (secondary N) is 1. The number of hydrogen-bond acceptors (Lipinski definition) is 2. The van der Waals surface area contributed by atoms with Crippen molar-refractivity contribution in [1.29, 1.82) is 0 Å². The van der Waals surface area contributed by atoms with Gasteiger partial charge in [0.2, 0.25) is 0 Å². The predicted octanol–water partition coefficient (Wildman–Crippen LogP) is 3.16. The van der Waals surface area contributed by atoms with Crippen LogP contribution in [-0.4, -0.2) is 11.5 Å². The second-order valence-corrected chi connectivity index (χ2v) is 4.89. The van der Waals surface area contributed by atoms with Crippen LogP contribution in [0.3, 0.4) is 0 Å². The highest BCUT2D eigenvalue weighted by molar-refractivity contribution is 7.80. The number of hydrogen-bond donors (Lipinski definition) is 2. The molecule has 0 saturated heterocycles. The van der Waals surface area contributed by atoms with Gasteiger partial charge in [-0.3, -0.25) is 0 Å². The van der Waals surface area contributed by atoms with Crippen molar-refractivity contribution in [3.05, 3.63) is 29.3 Å². The van der Waals surface area contributed by atoms with Crippen LogP contribution in [0, 0.1) is 5.92 Å². The molecule has 1 aliphatic carbocycles. The molecule has 0 unspecified atom stereocenters. The first-order chi connectivity index (χ1) is 8.38. The lowest BCUT2D eigenvalue weighted by Crippen LogP contribution is -2.18. The highest BCUT2D eigenvalue weighted by Gasteiger charge is 2.34. The first-order valence-electron chi connectivity index (χ1n) is 5.63. The Bertz CT molecular complexity index is 467. The Hall–Kier alpha value is -1.30. The van der Waals surface area contributed by atoms with Crippen molar-refractivity contribution in [3.63, 3.8) is 0 Å². The summed E-state index contributed by atoms with van der Waals surface area (Å²) in [6, 6.07) is 3.80. The summed E-state index contributed by atoms with van der Waals surface area (Å²) in [7, 11) is 0. The van der Waals surface area contributed by atoms with Gasteiger partial charge in [0.1, 0.15) is 4.99 Å². The zero-order valence-corrected chi connectivity index (χ0v) is 10.4. The van der Waals surface area contributed by atoms with Crippen LogP contribution in [0.5, 0.6) is 0 Å². The lowest BCUT2D eigenvalue weighted by molar-refractivity contribution is -0.137. The second kappa shape index (κ2) is 4.76. The van der Waals surface area contributed by atoms with E-state index in [1.165, 1.54) is 25.0 Å². The van der Waals surface area contributed by atoms with Gasteiger partial charge in [0, 0.05) is 17.8 Å². The number of thiocarbonyl (C=S) groups is 1. The lowest BCUT2D eigenvalue weighted by Gasteiger charge is -2.14. The first-order valence-corrected chi connectivity index (χ1v) is 6.03. The molecule has 0 aromatic heterocycles. The number of halogens is 3. The van der Waals surface area contributed by atoms with Gasteiger partial charge in [0.25, 0.3) is 0 Å². The smallest absolute Gasteiger partial charge is 0.389 e. The Balaban J connectivity index is 2.24. The largest absolute Gasteiger partial charge is 0.417 e. The quantitative estimate of drug-likeness (QED) is 0.828. The predicted molar refractivity (Wildman–Crippen MR) is 68.5 cm³/mol. The average molecular weight is 274 g/mol. The molecule has 1 fully saturated rings. The minimum atomic E-state index is -4.44. The van der Waals surface area contributed by atoms with Crippen molar-refractivity contribution in [2.24, 2.45) is 11.7 Å². The van der Waals surface area contributed by atoms with E-state index >= 15 is 0 Å². The molecule has 0 aliphatic heterocycles. The van der Waals surface area contributed by atoms with E-state index in [0.717, 1.165) is 12.6 Å². The molecule has 2 rings (SSSR count). The molecule has 3 N–H and O–H groups in total. The molecule has 1 aromatic carbocycles. The number of nitrogens with two attached hydrogens (primary N) is 1. The standard InChI is InChI=1S/C12H13F3N2S/c13-12(14,15)10-4-3-8(5-9(10)11(16)18)17-6-7-1-2-7/h3-5,7,17H,1-2,6H2,(H2,16,18). The Morgan fingerprint density at radius 1 is 1.39 bits per heavy atom. The van der Waals surface area contributed by atoms with E-state index in [0.29, 0.717) is 11.6 Å². The third kappa shape index (κ3) is 3.13. The third-order valence-corrected chi connectivity index (χ3v) is 3.10. The summed E-state index contributed by atoms with van der Waals surface area (Å²) in [4.78, 5) is -0.239. The van der Waals surface area contributed by atoms with E-state index in [1.807, 2.05) is 0 Å². The van der Waals surface area contributed by atoms with Crippen molar-refractivity contribution in [2.75, 3.05) is 11.9 Å². The van der Waals surface area contributed by atoms with E-state index in [4.69, 9.17) is 5.73 Å².